The van der Waals surface area contributed by atoms with Gasteiger partial charge in [0.15, 0.2) is 5.76 Å². The Hall–Kier alpha value is -4.87. The Balaban J connectivity index is 1.30. The molecule has 3 N–H and O–H groups in total. The zero-order chi connectivity index (χ0) is 32.8. The molecule has 0 aliphatic carbocycles. The molecule has 242 valence electrons. The Labute approximate surface area is 269 Å². The summed E-state index contributed by atoms with van der Waals surface area (Å²) in [6.07, 6.45) is -0.257. The lowest BCUT2D eigenvalue weighted by Gasteiger charge is -2.38. The number of carbonyl (C=O) groups is 2. The number of benzene rings is 3. The molecule has 1 aromatic heterocycles. The Morgan fingerprint density at radius 2 is 1.80 bits per heavy atom. The first kappa shape index (κ1) is 32.5. The van der Waals surface area contributed by atoms with Crippen molar-refractivity contribution in [1.29, 1.82) is 0 Å². The van der Waals surface area contributed by atoms with E-state index >= 15 is 0 Å². The Bertz CT molecular complexity index is 1620. The van der Waals surface area contributed by atoms with Gasteiger partial charge in [0.1, 0.15) is 34.7 Å². The SMILES string of the molecule is Cc1noc(C)c1NC(=O)Nc1ccc2c(c1)C(=O)N([C@@H](C)CO)C[C@@H](C)[C@H](CN(C)Cc1ccc(Oc3ccccc3)cc1)O2. The maximum Gasteiger partial charge on any atom is 0.323 e. The monoisotopic (exact) mass is 627 g/mol. The van der Waals surface area contributed by atoms with Crippen molar-refractivity contribution in [2.24, 2.45) is 5.92 Å². The number of amides is 3. The molecule has 3 amide bonds. The predicted octanol–water partition coefficient (Wildman–Crippen LogP) is 6.08. The van der Waals surface area contributed by atoms with Crippen LogP contribution in [0.25, 0.3) is 0 Å². The molecular weight excluding hydrogens is 586 g/mol. The molecule has 46 heavy (non-hydrogen) atoms. The third-order valence-corrected chi connectivity index (χ3v) is 8.04. The summed E-state index contributed by atoms with van der Waals surface area (Å²) in [6, 6.07) is 21.8. The van der Waals surface area contributed by atoms with Crippen LogP contribution in [0.3, 0.4) is 0 Å². The van der Waals surface area contributed by atoms with Crippen LogP contribution in [-0.2, 0) is 6.54 Å². The Morgan fingerprint density at radius 1 is 1.09 bits per heavy atom. The van der Waals surface area contributed by atoms with Gasteiger partial charge in [0.25, 0.3) is 5.91 Å². The van der Waals surface area contributed by atoms with Crippen LogP contribution >= 0.6 is 0 Å². The average molecular weight is 628 g/mol. The van der Waals surface area contributed by atoms with Crippen molar-refractivity contribution in [2.45, 2.75) is 46.4 Å². The van der Waals surface area contributed by atoms with E-state index in [1.54, 1.807) is 36.9 Å². The first-order valence-corrected chi connectivity index (χ1v) is 15.3. The molecule has 1 aliphatic rings. The van der Waals surface area contributed by atoms with Gasteiger partial charge in [0.2, 0.25) is 0 Å². The van der Waals surface area contributed by atoms with E-state index in [4.69, 9.17) is 14.0 Å². The highest BCUT2D eigenvalue weighted by molar-refractivity contribution is 6.03. The smallest absolute Gasteiger partial charge is 0.323 e. The molecular formula is C35H41N5O6. The van der Waals surface area contributed by atoms with E-state index in [1.165, 1.54) is 0 Å². The molecule has 2 heterocycles. The molecule has 0 saturated carbocycles. The number of para-hydroxylation sites is 1. The fraction of sp³-hybridized carbons (Fsp3) is 0.343. The van der Waals surface area contributed by atoms with E-state index in [0.29, 0.717) is 53.8 Å². The van der Waals surface area contributed by atoms with Gasteiger partial charge in [-0.05, 0) is 75.8 Å². The fourth-order valence-electron chi connectivity index (χ4n) is 5.43. The highest BCUT2D eigenvalue weighted by atomic mass is 16.5. The second kappa shape index (κ2) is 14.5. The lowest BCUT2D eigenvalue weighted by atomic mass is 9.99. The van der Waals surface area contributed by atoms with Gasteiger partial charge in [-0.1, -0.05) is 42.4 Å². The van der Waals surface area contributed by atoms with Crippen molar-refractivity contribution in [3.8, 4) is 17.2 Å². The molecule has 11 heteroatoms. The number of rotatable bonds is 10. The van der Waals surface area contributed by atoms with Crippen LogP contribution < -0.4 is 20.1 Å². The lowest BCUT2D eigenvalue weighted by molar-refractivity contribution is 0.0341. The summed E-state index contributed by atoms with van der Waals surface area (Å²) in [5.74, 6) is 2.15. The number of aliphatic hydroxyl groups is 1. The summed E-state index contributed by atoms with van der Waals surface area (Å²) in [4.78, 5) is 30.4. The van der Waals surface area contributed by atoms with Crippen LogP contribution in [0.15, 0.2) is 77.3 Å². The van der Waals surface area contributed by atoms with E-state index < -0.39 is 12.1 Å². The third kappa shape index (κ3) is 7.85. The maximum absolute atomic E-state index is 13.8. The van der Waals surface area contributed by atoms with Gasteiger partial charge in [-0.15, -0.1) is 0 Å². The number of fused-ring (bicyclic) bond motifs is 1. The summed E-state index contributed by atoms with van der Waals surface area (Å²) >= 11 is 0. The van der Waals surface area contributed by atoms with Crippen LogP contribution in [0.4, 0.5) is 16.2 Å². The number of hydrogen-bond acceptors (Lipinski definition) is 8. The number of ether oxygens (including phenoxy) is 2. The number of urea groups is 1. The molecule has 3 atom stereocenters. The number of anilines is 2. The van der Waals surface area contributed by atoms with E-state index in [0.717, 1.165) is 17.1 Å². The van der Waals surface area contributed by atoms with Gasteiger partial charge in [0.05, 0.1) is 18.2 Å². The molecule has 4 aromatic rings. The number of nitrogens with one attached hydrogen (secondary N) is 2. The summed E-state index contributed by atoms with van der Waals surface area (Å²) in [5, 5.41) is 19.4. The number of carbonyl (C=O) groups excluding carboxylic acids is 2. The predicted molar refractivity (Wildman–Crippen MR) is 176 cm³/mol. The van der Waals surface area contributed by atoms with Crippen LogP contribution in [0.2, 0.25) is 0 Å². The molecule has 0 radical (unpaired) electrons. The van der Waals surface area contributed by atoms with Crippen LogP contribution in [0.1, 0.15) is 41.2 Å². The second-order valence-electron chi connectivity index (χ2n) is 11.9. The van der Waals surface area contributed by atoms with E-state index in [-0.39, 0.29) is 24.5 Å². The molecule has 0 fully saturated rings. The van der Waals surface area contributed by atoms with Gasteiger partial charge in [-0.2, -0.15) is 0 Å². The van der Waals surface area contributed by atoms with Crippen LogP contribution in [-0.4, -0.2) is 70.9 Å². The second-order valence-corrected chi connectivity index (χ2v) is 11.9. The zero-order valence-electron chi connectivity index (χ0n) is 26.8. The number of aromatic nitrogens is 1. The minimum atomic E-state index is -0.498. The normalized spacial score (nSPS) is 17.0. The summed E-state index contributed by atoms with van der Waals surface area (Å²) in [5.41, 5.74) is 2.89. The maximum atomic E-state index is 13.8. The van der Waals surface area contributed by atoms with Crippen LogP contribution in [0.5, 0.6) is 17.2 Å². The van der Waals surface area contributed by atoms with Gasteiger partial charge in [-0.25, -0.2) is 4.79 Å². The van der Waals surface area contributed by atoms with Crippen molar-refractivity contribution in [1.82, 2.24) is 15.0 Å². The Kier molecular flexibility index (Phi) is 10.2. The van der Waals surface area contributed by atoms with Crippen molar-refractivity contribution in [2.75, 3.05) is 37.4 Å². The van der Waals surface area contributed by atoms with Crippen molar-refractivity contribution in [3.05, 3.63) is 95.4 Å². The molecule has 0 saturated heterocycles. The summed E-state index contributed by atoms with van der Waals surface area (Å²) in [7, 11) is 2.04. The highest BCUT2D eigenvalue weighted by Crippen LogP contribution is 2.31. The van der Waals surface area contributed by atoms with E-state index in [9.17, 15) is 14.7 Å². The number of hydrogen-bond donors (Lipinski definition) is 3. The number of likely N-dealkylation sites (N-methyl/N-ethyl adjacent to an activating group) is 1. The standard InChI is InChI=1S/C35H41N5O6/c1-22-18-40(23(2)21-41)34(42)30-17-27(36-35(43)37-33-24(3)38-46-25(33)4)13-16-31(30)45-32(22)20-39(5)19-26-11-14-29(15-12-26)44-28-9-7-6-8-10-28/h6-17,22-23,32,41H,18-21H2,1-5H3,(H2,36,37,43)/t22-,23+,32+/m1/s1. The molecule has 0 bridgehead atoms. The van der Waals surface area contributed by atoms with Crippen LogP contribution in [0, 0.1) is 19.8 Å². The minimum Gasteiger partial charge on any atom is -0.488 e. The van der Waals surface area contributed by atoms with Crippen molar-refractivity contribution >= 4 is 23.3 Å². The number of aliphatic hydroxyl groups excluding tert-OH is 1. The van der Waals surface area contributed by atoms with Gasteiger partial charge < -0.3 is 34.6 Å². The largest absolute Gasteiger partial charge is 0.488 e. The minimum absolute atomic E-state index is 0.0335. The fourth-order valence-corrected chi connectivity index (χ4v) is 5.43. The molecule has 5 rings (SSSR count). The first-order chi connectivity index (χ1) is 22.1. The highest BCUT2D eigenvalue weighted by Gasteiger charge is 2.33. The lowest BCUT2D eigenvalue weighted by Crippen LogP contribution is -2.49. The van der Waals surface area contributed by atoms with Crippen molar-refractivity contribution in [3.63, 3.8) is 0 Å². The molecule has 0 spiro atoms. The molecule has 3 aromatic carbocycles. The average Bonchev–Trinajstić information content (AvgIpc) is 3.36. The number of nitrogens with zero attached hydrogens (tertiary/aromatic N) is 3. The molecule has 0 unspecified atom stereocenters. The van der Waals surface area contributed by atoms with Gasteiger partial charge in [0, 0.05) is 31.2 Å². The topological polar surface area (TPSA) is 129 Å². The third-order valence-electron chi connectivity index (χ3n) is 8.04. The first-order valence-electron chi connectivity index (χ1n) is 15.3. The molecule has 1 aliphatic heterocycles. The Morgan fingerprint density at radius 3 is 2.48 bits per heavy atom. The zero-order valence-corrected chi connectivity index (χ0v) is 26.8. The number of aryl methyl sites for hydroxylation is 2. The quantitative estimate of drug-likeness (QED) is 0.193. The van der Waals surface area contributed by atoms with Gasteiger partial charge >= 0.3 is 6.03 Å². The van der Waals surface area contributed by atoms with E-state index in [2.05, 4.69) is 27.6 Å². The van der Waals surface area contributed by atoms with E-state index in [1.807, 2.05) is 68.6 Å². The summed E-state index contributed by atoms with van der Waals surface area (Å²) in [6.45, 7) is 8.81. The molecule has 11 nitrogen and oxygen atoms in total. The van der Waals surface area contributed by atoms with Crippen molar-refractivity contribution < 1.29 is 28.7 Å². The van der Waals surface area contributed by atoms with Gasteiger partial charge in [-0.3, -0.25) is 9.69 Å². The summed E-state index contributed by atoms with van der Waals surface area (Å²) < 4.78 is 17.6.